The second-order valence-electron chi connectivity index (χ2n) is 5.71. The van der Waals surface area contributed by atoms with Crippen LogP contribution in [0, 0.1) is 13.8 Å². The molecule has 2 aromatic carbocycles. The molecule has 0 fully saturated rings. The largest absolute Gasteiger partial charge is 0.507 e. The van der Waals surface area contributed by atoms with Gasteiger partial charge in [0.05, 0.1) is 0 Å². The first-order valence-electron chi connectivity index (χ1n) is 7.16. The first kappa shape index (κ1) is 15.8. The molecule has 2 aromatic rings. The lowest BCUT2D eigenvalue weighted by Crippen LogP contribution is -2.09. The molecule has 0 aliphatic carbocycles. The predicted molar refractivity (Wildman–Crippen MR) is 92.7 cm³/mol. The van der Waals surface area contributed by atoms with Crippen LogP contribution in [0.25, 0.3) is 12.2 Å². The average molecular weight is 295 g/mol. The van der Waals surface area contributed by atoms with E-state index in [1.54, 1.807) is 0 Å². The molecule has 1 N–H and O–H groups in total. The maximum absolute atomic E-state index is 11.1. The highest BCUT2D eigenvalue weighted by Crippen LogP contribution is 2.24. The Hall–Kier alpha value is -2.55. The van der Waals surface area contributed by atoms with Gasteiger partial charge in [-0.15, -0.1) is 0 Å². The van der Waals surface area contributed by atoms with E-state index < -0.39 is 0 Å². The number of rotatable bonds is 4. The van der Waals surface area contributed by atoms with Gasteiger partial charge in [0.15, 0.2) is 0 Å². The van der Waals surface area contributed by atoms with E-state index in [1.165, 1.54) is 0 Å². The zero-order valence-electron chi connectivity index (χ0n) is 13.4. The fourth-order valence-corrected chi connectivity index (χ4v) is 2.36. The number of nitrogens with zero attached hydrogens (tertiary/aromatic N) is 1. The number of hydrogen-bond donors (Lipinski definition) is 1. The lowest BCUT2D eigenvalue weighted by molar-refractivity contribution is 0.112. The van der Waals surface area contributed by atoms with Crippen LogP contribution in [0.5, 0.6) is 5.75 Å². The van der Waals surface area contributed by atoms with Gasteiger partial charge in [-0.25, -0.2) is 0 Å². The Balaban J connectivity index is 2.37. The third-order valence-corrected chi connectivity index (χ3v) is 3.60. The molecular weight excluding hydrogens is 274 g/mol. The van der Waals surface area contributed by atoms with Crippen molar-refractivity contribution < 1.29 is 9.90 Å². The molecule has 0 bridgehead atoms. The van der Waals surface area contributed by atoms with Gasteiger partial charge in [-0.05, 0) is 66.4 Å². The molecular formula is C19H21NO2. The molecule has 3 nitrogen and oxygen atoms in total. The predicted octanol–water partition coefficient (Wildman–Crippen LogP) is 4.06. The summed E-state index contributed by atoms with van der Waals surface area (Å²) in [6.45, 7) is 3.77. The standard InChI is InChI=1S/C19H21NO2/c1-13-7-15(8-14(2)19(13)22)5-6-16-9-17(12-21)11-18(10-16)20(3)4/h5-12,22H,1-4H3/b6-5+. The molecule has 0 heterocycles. The molecule has 3 heteroatoms. The topological polar surface area (TPSA) is 40.5 Å². The minimum atomic E-state index is 0.343. The number of anilines is 1. The van der Waals surface area contributed by atoms with E-state index in [4.69, 9.17) is 0 Å². The van der Waals surface area contributed by atoms with Gasteiger partial charge in [0.25, 0.3) is 0 Å². The van der Waals surface area contributed by atoms with Crippen LogP contribution < -0.4 is 4.90 Å². The number of aromatic hydroxyl groups is 1. The van der Waals surface area contributed by atoms with Gasteiger partial charge in [0.1, 0.15) is 12.0 Å². The monoisotopic (exact) mass is 295 g/mol. The van der Waals surface area contributed by atoms with Gasteiger partial charge in [-0.2, -0.15) is 0 Å². The number of aldehydes is 1. The van der Waals surface area contributed by atoms with E-state index in [0.29, 0.717) is 11.3 Å². The summed E-state index contributed by atoms with van der Waals surface area (Å²) in [7, 11) is 3.90. The lowest BCUT2D eigenvalue weighted by atomic mass is 10.0. The van der Waals surface area contributed by atoms with Crippen molar-refractivity contribution in [1.82, 2.24) is 0 Å². The second kappa shape index (κ2) is 6.48. The van der Waals surface area contributed by atoms with Crippen LogP contribution in [0.4, 0.5) is 5.69 Å². The molecule has 0 amide bonds. The Morgan fingerprint density at radius 2 is 1.36 bits per heavy atom. The van der Waals surface area contributed by atoms with Gasteiger partial charge < -0.3 is 10.0 Å². The highest BCUT2D eigenvalue weighted by Gasteiger charge is 2.03. The van der Waals surface area contributed by atoms with Crippen LogP contribution in [-0.2, 0) is 0 Å². The number of phenolic OH excluding ortho intramolecular Hbond substituents is 1. The van der Waals surface area contributed by atoms with E-state index in [9.17, 15) is 9.90 Å². The fourth-order valence-electron chi connectivity index (χ4n) is 2.36. The highest BCUT2D eigenvalue weighted by molar-refractivity contribution is 5.81. The summed E-state index contributed by atoms with van der Waals surface area (Å²) in [5, 5.41) is 9.81. The van der Waals surface area contributed by atoms with Gasteiger partial charge in [-0.1, -0.05) is 12.2 Å². The van der Waals surface area contributed by atoms with Crippen molar-refractivity contribution in [3.8, 4) is 5.75 Å². The second-order valence-corrected chi connectivity index (χ2v) is 5.71. The molecule has 114 valence electrons. The van der Waals surface area contributed by atoms with E-state index >= 15 is 0 Å². The number of phenols is 1. The van der Waals surface area contributed by atoms with Crippen molar-refractivity contribution in [3.63, 3.8) is 0 Å². The molecule has 0 aliphatic heterocycles. The minimum absolute atomic E-state index is 0.343. The van der Waals surface area contributed by atoms with E-state index in [0.717, 1.165) is 34.2 Å². The van der Waals surface area contributed by atoms with Gasteiger partial charge in [-0.3, -0.25) is 4.79 Å². The Labute approximate surface area is 131 Å². The zero-order chi connectivity index (χ0) is 16.3. The van der Waals surface area contributed by atoms with Crippen molar-refractivity contribution >= 4 is 24.1 Å². The van der Waals surface area contributed by atoms with Crippen LogP contribution >= 0.6 is 0 Å². The van der Waals surface area contributed by atoms with Crippen LogP contribution in [0.3, 0.4) is 0 Å². The first-order valence-corrected chi connectivity index (χ1v) is 7.16. The number of hydrogen-bond acceptors (Lipinski definition) is 3. The van der Waals surface area contributed by atoms with Crippen LogP contribution in [0.2, 0.25) is 0 Å². The molecule has 0 spiro atoms. The zero-order valence-corrected chi connectivity index (χ0v) is 13.4. The van der Waals surface area contributed by atoms with Crippen molar-refractivity contribution in [2.45, 2.75) is 13.8 Å². The quantitative estimate of drug-likeness (QED) is 0.683. The van der Waals surface area contributed by atoms with Crippen molar-refractivity contribution in [2.75, 3.05) is 19.0 Å². The summed E-state index contributed by atoms with van der Waals surface area (Å²) in [6.07, 6.45) is 4.83. The fraction of sp³-hybridized carbons (Fsp3) is 0.211. The van der Waals surface area contributed by atoms with Crippen LogP contribution in [0.15, 0.2) is 30.3 Å². The molecule has 0 saturated carbocycles. The smallest absolute Gasteiger partial charge is 0.150 e. The molecule has 22 heavy (non-hydrogen) atoms. The van der Waals surface area contributed by atoms with E-state index in [2.05, 4.69) is 0 Å². The molecule has 0 aliphatic rings. The Kier molecular flexibility index (Phi) is 4.66. The van der Waals surface area contributed by atoms with E-state index in [1.807, 2.05) is 75.3 Å². The molecule has 0 aromatic heterocycles. The van der Waals surface area contributed by atoms with Crippen molar-refractivity contribution in [2.24, 2.45) is 0 Å². The normalized spacial score (nSPS) is 10.9. The van der Waals surface area contributed by atoms with Gasteiger partial charge >= 0.3 is 0 Å². The summed E-state index contributed by atoms with van der Waals surface area (Å²) in [5.74, 6) is 0.343. The summed E-state index contributed by atoms with van der Waals surface area (Å²) in [6, 6.07) is 9.63. The van der Waals surface area contributed by atoms with Gasteiger partial charge in [0, 0.05) is 25.3 Å². The molecule has 0 radical (unpaired) electrons. The Morgan fingerprint density at radius 1 is 0.864 bits per heavy atom. The lowest BCUT2D eigenvalue weighted by Gasteiger charge is -2.13. The maximum Gasteiger partial charge on any atom is 0.150 e. The van der Waals surface area contributed by atoms with Crippen LogP contribution in [0.1, 0.15) is 32.6 Å². The highest BCUT2D eigenvalue weighted by atomic mass is 16.3. The first-order chi connectivity index (χ1) is 10.4. The SMILES string of the molecule is Cc1cc(/C=C/c2cc(C=O)cc(N(C)C)c2)cc(C)c1O. The maximum atomic E-state index is 11.1. The van der Waals surface area contributed by atoms with Gasteiger partial charge in [0.2, 0.25) is 0 Å². The summed E-state index contributed by atoms with van der Waals surface area (Å²) in [4.78, 5) is 13.0. The summed E-state index contributed by atoms with van der Waals surface area (Å²) < 4.78 is 0. The average Bonchev–Trinajstić information content (AvgIpc) is 2.50. The number of benzene rings is 2. The molecule has 0 unspecified atom stereocenters. The number of carbonyl (C=O) groups is 1. The molecule has 2 rings (SSSR count). The van der Waals surface area contributed by atoms with Crippen LogP contribution in [-0.4, -0.2) is 25.5 Å². The van der Waals surface area contributed by atoms with E-state index in [-0.39, 0.29) is 0 Å². The molecule has 0 saturated heterocycles. The Bertz CT molecular complexity index is 707. The van der Waals surface area contributed by atoms with Crippen molar-refractivity contribution in [3.05, 3.63) is 58.1 Å². The van der Waals surface area contributed by atoms with Crippen molar-refractivity contribution in [1.29, 1.82) is 0 Å². The minimum Gasteiger partial charge on any atom is -0.507 e. The number of carbonyl (C=O) groups excluding carboxylic acids is 1. The summed E-state index contributed by atoms with van der Waals surface area (Å²) in [5.41, 5.74) is 5.35. The third kappa shape index (κ3) is 3.55. The Morgan fingerprint density at radius 3 is 1.86 bits per heavy atom. The number of aryl methyl sites for hydroxylation is 2. The summed E-state index contributed by atoms with van der Waals surface area (Å²) >= 11 is 0. The molecule has 0 atom stereocenters. The third-order valence-electron chi connectivity index (χ3n) is 3.60.